The van der Waals surface area contributed by atoms with Crippen LogP contribution in [0.2, 0.25) is 0 Å². The van der Waals surface area contributed by atoms with Crippen molar-refractivity contribution >= 4 is 11.6 Å². The van der Waals surface area contributed by atoms with Crippen LogP contribution in [-0.4, -0.2) is 33.9 Å². The van der Waals surface area contributed by atoms with Gasteiger partial charge < -0.3 is 14.8 Å². The number of allylic oxidation sites excluding steroid dienone is 1. The molecule has 0 radical (unpaired) electrons. The van der Waals surface area contributed by atoms with Crippen molar-refractivity contribution in [1.82, 2.24) is 20.2 Å². The van der Waals surface area contributed by atoms with E-state index in [-0.39, 0.29) is 6.04 Å². The van der Waals surface area contributed by atoms with Gasteiger partial charge in [-0.2, -0.15) is 4.68 Å². The number of methoxy groups -OCH3 is 1. The van der Waals surface area contributed by atoms with Crippen LogP contribution in [-0.2, 0) is 0 Å². The van der Waals surface area contributed by atoms with E-state index < -0.39 is 0 Å². The van der Waals surface area contributed by atoms with Crippen LogP contribution >= 0.6 is 0 Å². The second-order valence-electron chi connectivity index (χ2n) is 5.83. The van der Waals surface area contributed by atoms with Gasteiger partial charge in [-0.1, -0.05) is 17.2 Å². The lowest BCUT2D eigenvalue weighted by Gasteiger charge is -2.23. The highest BCUT2D eigenvalue weighted by Crippen LogP contribution is 2.32. The lowest BCUT2D eigenvalue weighted by atomic mass is 10.0. The monoisotopic (exact) mass is 349 g/mol. The van der Waals surface area contributed by atoms with E-state index in [9.17, 15) is 0 Å². The van der Waals surface area contributed by atoms with E-state index in [2.05, 4.69) is 26.9 Å². The van der Waals surface area contributed by atoms with Gasteiger partial charge in [0.15, 0.2) is 0 Å². The summed E-state index contributed by atoms with van der Waals surface area (Å²) >= 11 is 0. The topological polar surface area (TPSA) is 74.1 Å². The van der Waals surface area contributed by atoms with Gasteiger partial charge in [-0.3, -0.25) is 0 Å². The molecule has 1 N–H and O–H groups in total. The second kappa shape index (κ2) is 6.87. The van der Waals surface area contributed by atoms with E-state index >= 15 is 0 Å². The molecule has 132 valence electrons. The zero-order chi connectivity index (χ0) is 17.9. The molecule has 1 unspecified atom stereocenters. The van der Waals surface area contributed by atoms with Gasteiger partial charge in [0.2, 0.25) is 5.95 Å². The Morgan fingerprint density at radius 1 is 1.04 bits per heavy atom. The van der Waals surface area contributed by atoms with Crippen molar-refractivity contribution in [3.8, 4) is 11.5 Å². The van der Waals surface area contributed by atoms with Gasteiger partial charge in [0.05, 0.1) is 13.7 Å². The summed E-state index contributed by atoms with van der Waals surface area (Å²) in [5.74, 6) is 2.27. The Morgan fingerprint density at radius 2 is 1.77 bits per heavy atom. The fourth-order valence-electron chi connectivity index (χ4n) is 2.96. The van der Waals surface area contributed by atoms with E-state index in [0.717, 1.165) is 28.3 Å². The number of fused-ring (bicyclic) bond motifs is 1. The lowest BCUT2D eigenvalue weighted by Crippen LogP contribution is -2.20. The van der Waals surface area contributed by atoms with E-state index in [1.807, 2.05) is 55.5 Å². The minimum Gasteiger partial charge on any atom is -0.497 e. The maximum absolute atomic E-state index is 5.53. The highest BCUT2D eigenvalue weighted by molar-refractivity contribution is 5.77. The van der Waals surface area contributed by atoms with Gasteiger partial charge >= 0.3 is 0 Å². The molecular formula is C19H19N5O2. The quantitative estimate of drug-likeness (QED) is 0.763. The summed E-state index contributed by atoms with van der Waals surface area (Å²) in [4.78, 5) is 0. The number of rotatable bonds is 5. The fraction of sp³-hybridized carbons (Fsp3) is 0.211. The smallest absolute Gasteiger partial charge is 0.248 e. The maximum atomic E-state index is 5.53. The minimum absolute atomic E-state index is 0.103. The van der Waals surface area contributed by atoms with E-state index in [1.54, 1.807) is 11.8 Å². The lowest BCUT2D eigenvalue weighted by molar-refractivity contribution is 0.340. The molecule has 26 heavy (non-hydrogen) atoms. The normalized spacial score (nSPS) is 15.6. The van der Waals surface area contributed by atoms with Gasteiger partial charge in [-0.15, -0.1) is 0 Å². The molecule has 0 amide bonds. The van der Waals surface area contributed by atoms with Gasteiger partial charge in [0, 0.05) is 5.70 Å². The number of aromatic nitrogens is 4. The van der Waals surface area contributed by atoms with Gasteiger partial charge in [-0.25, -0.2) is 0 Å². The first-order chi connectivity index (χ1) is 12.8. The van der Waals surface area contributed by atoms with Gasteiger partial charge in [0.25, 0.3) is 0 Å². The average Bonchev–Trinajstić information content (AvgIpc) is 3.17. The third kappa shape index (κ3) is 2.99. The Bertz CT molecular complexity index is 916. The van der Waals surface area contributed by atoms with Crippen molar-refractivity contribution in [2.75, 3.05) is 19.0 Å². The first-order valence-electron chi connectivity index (χ1n) is 8.42. The molecule has 0 bridgehead atoms. The van der Waals surface area contributed by atoms with Crippen molar-refractivity contribution in [2.45, 2.75) is 13.0 Å². The van der Waals surface area contributed by atoms with Gasteiger partial charge in [-0.05, 0) is 71.0 Å². The summed E-state index contributed by atoms with van der Waals surface area (Å²) in [6.07, 6.45) is 2.11. The molecule has 3 aromatic rings. The number of ether oxygens (including phenoxy) is 2. The van der Waals surface area contributed by atoms with Crippen molar-refractivity contribution in [3.63, 3.8) is 0 Å². The summed E-state index contributed by atoms with van der Waals surface area (Å²) in [5, 5.41) is 15.3. The molecule has 1 aliphatic heterocycles. The molecule has 2 heterocycles. The summed E-state index contributed by atoms with van der Waals surface area (Å²) in [6, 6.07) is 15.8. The third-order valence-corrected chi connectivity index (χ3v) is 4.26. The van der Waals surface area contributed by atoms with Crippen LogP contribution in [0.3, 0.4) is 0 Å². The number of hydrogen-bond donors (Lipinski definition) is 1. The van der Waals surface area contributed by atoms with Crippen molar-refractivity contribution in [3.05, 3.63) is 65.7 Å². The predicted octanol–water partition coefficient (Wildman–Crippen LogP) is 3.14. The van der Waals surface area contributed by atoms with Crippen LogP contribution in [0.25, 0.3) is 5.70 Å². The molecule has 0 saturated carbocycles. The Hall–Kier alpha value is -3.35. The number of hydrogen-bond acceptors (Lipinski definition) is 6. The average molecular weight is 349 g/mol. The molecule has 0 saturated heterocycles. The molecule has 1 aliphatic rings. The van der Waals surface area contributed by atoms with Gasteiger partial charge in [0.1, 0.15) is 17.5 Å². The third-order valence-electron chi connectivity index (χ3n) is 4.26. The number of nitrogens with one attached hydrogen (secondary N) is 1. The van der Waals surface area contributed by atoms with Crippen LogP contribution < -0.4 is 14.8 Å². The number of benzene rings is 2. The molecule has 0 aliphatic carbocycles. The van der Waals surface area contributed by atoms with Crippen LogP contribution in [0.1, 0.15) is 24.1 Å². The van der Waals surface area contributed by atoms with Crippen LogP contribution in [0.5, 0.6) is 11.5 Å². The molecule has 1 aromatic heterocycles. The molecule has 1 atom stereocenters. The maximum Gasteiger partial charge on any atom is 0.248 e. The molecule has 0 fully saturated rings. The number of tetrazole rings is 1. The Kier molecular flexibility index (Phi) is 4.27. The largest absolute Gasteiger partial charge is 0.497 e. The zero-order valence-electron chi connectivity index (χ0n) is 14.6. The van der Waals surface area contributed by atoms with Crippen LogP contribution in [0, 0.1) is 0 Å². The Labute approximate surface area is 151 Å². The van der Waals surface area contributed by atoms with Crippen molar-refractivity contribution in [1.29, 1.82) is 0 Å². The van der Waals surface area contributed by atoms with Crippen molar-refractivity contribution in [2.24, 2.45) is 0 Å². The summed E-state index contributed by atoms with van der Waals surface area (Å²) in [7, 11) is 1.66. The Balaban J connectivity index is 1.70. The minimum atomic E-state index is -0.103. The Morgan fingerprint density at radius 3 is 2.46 bits per heavy atom. The fourth-order valence-corrected chi connectivity index (χ4v) is 2.96. The molecule has 2 aromatic carbocycles. The van der Waals surface area contributed by atoms with Crippen LogP contribution in [0.4, 0.5) is 5.95 Å². The highest BCUT2D eigenvalue weighted by Gasteiger charge is 2.24. The summed E-state index contributed by atoms with van der Waals surface area (Å²) in [5.41, 5.74) is 3.07. The highest BCUT2D eigenvalue weighted by atomic mass is 16.5. The molecule has 7 nitrogen and oxygen atoms in total. The standard InChI is InChI=1S/C19H19N5O2/c1-3-26-16-10-6-14(7-11-16)18-12-17(20-19-21-22-23-24(18)19)13-4-8-15(25-2)9-5-13/h4-12,18H,3H2,1-2H3,(H,20,21,23). The summed E-state index contributed by atoms with van der Waals surface area (Å²) < 4.78 is 12.5. The molecule has 0 spiro atoms. The zero-order valence-corrected chi connectivity index (χ0v) is 14.6. The number of nitrogens with zero attached hydrogens (tertiary/aromatic N) is 4. The number of anilines is 1. The van der Waals surface area contributed by atoms with E-state index in [0.29, 0.717) is 12.6 Å². The SMILES string of the molecule is CCOc1ccc(C2C=C(c3ccc(OC)cc3)Nc3nnnn32)cc1. The van der Waals surface area contributed by atoms with Crippen LogP contribution in [0.15, 0.2) is 54.6 Å². The first-order valence-corrected chi connectivity index (χ1v) is 8.42. The first kappa shape index (κ1) is 16.1. The van der Waals surface area contributed by atoms with E-state index in [4.69, 9.17) is 9.47 Å². The summed E-state index contributed by atoms with van der Waals surface area (Å²) in [6.45, 7) is 2.61. The predicted molar refractivity (Wildman–Crippen MR) is 98.2 cm³/mol. The molecular weight excluding hydrogens is 330 g/mol. The van der Waals surface area contributed by atoms with Crippen molar-refractivity contribution < 1.29 is 9.47 Å². The molecule has 7 heteroatoms. The molecule has 4 rings (SSSR count). The van der Waals surface area contributed by atoms with E-state index in [1.165, 1.54) is 0 Å². The second-order valence-corrected chi connectivity index (χ2v) is 5.83.